The summed E-state index contributed by atoms with van der Waals surface area (Å²) in [7, 11) is 0. The van der Waals surface area contributed by atoms with Crippen molar-refractivity contribution in [2.24, 2.45) is 5.73 Å². The number of nitrogens with one attached hydrogen (secondary N) is 3. The van der Waals surface area contributed by atoms with E-state index in [0.29, 0.717) is 17.8 Å². The molecule has 0 fully saturated rings. The van der Waals surface area contributed by atoms with Gasteiger partial charge in [0.15, 0.2) is 0 Å². The maximum atomic E-state index is 11.5. The molecule has 0 heterocycles. The molecule has 2 amide bonds. The van der Waals surface area contributed by atoms with Gasteiger partial charge in [-0.2, -0.15) is 0 Å². The highest BCUT2D eigenvalue weighted by Crippen LogP contribution is 2.09. The second-order valence-corrected chi connectivity index (χ2v) is 3.73. The molecule has 1 aromatic carbocycles. The Morgan fingerprint density at radius 2 is 2.24 bits per heavy atom. The molecule has 0 aliphatic heterocycles. The Morgan fingerprint density at radius 1 is 1.47 bits per heavy atom. The van der Waals surface area contributed by atoms with Gasteiger partial charge in [0, 0.05) is 17.8 Å². The molecule has 92 valence electrons. The van der Waals surface area contributed by atoms with Gasteiger partial charge in [-0.1, -0.05) is 25.5 Å². The van der Waals surface area contributed by atoms with E-state index < -0.39 is 0 Å². The summed E-state index contributed by atoms with van der Waals surface area (Å²) in [5.41, 5.74) is 6.59. The topological polar surface area (TPSA) is 91.0 Å². The molecule has 5 N–H and O–H groups in total. The van der Waals surface area contributed by atoms with Crippen LogP contribution in [0.1, 0.15) is 25.3 Å². The van der Waals surface area contributed by atoms with Crippen LogP contribution in [-0.2, 0) is 0 Å². The third-order valence-electron chi connectivity index (χ3n) is 2.25. The average Bonchev–Trinajstić information content (AvgIpc) is 2.29. The van der Waals surface area contributed by atoms with E-state index in [9.17, 15) is 4.79 Å². The number of anilines is 1. The Kier molecular flexibility index (Phi) is 5.00. The first-order valence-corrected chi connectivity index (χ1v) is 5.62. The predicted molar refractivity (Wildman–Crippen MR) is 69.4 cm³/mol. The lowest BCUT2D eigenvalue weighted by atomic mass is 10.2. The van der Waals surface area contributed by atoms with Crippen molar-refractivity contribution in [2.75, 3.05) is 11.9 Å². The lowest BCUT2D eigenvalue weighted by Gasteiger charge is -2.08. The van der Waals surface area contributed by atoms with Gasteiger partial charge in [0.25, 0.3) is 0 Å². The zero-order valence-corrected chi connectivity index (χ0v) is 9.92. The van der Waals surface area contributed by atoms with Crippen LogP contribution in [0, 0.1) is 5.41 Å². The van der Waals surface area contributed by atoms with E-state index in [1.54, 1.807) is 24.3 Å². The smallest absolute Gasteiger partial charge is 0.319 e. The first-order valence-electron chi connectivity index (χ1n) is 5.62. The Morgan fingerprint density at radius 3 is 2.88 bits per heavy atom. The van der Waals surface area contributed by atoms with Crippen LogP contribution < -0.4 is 16.4 Å². The zero-order chi connectivity index (χ0) is 12.7. The maximum absolute atomic E-state index is 11.5. The van der Waals surface area contributed by atoms with Gasteiger partial charge in [-0.3, -0.25) is 5.41 Å². The van der Waals surface area contributed by atoms with E-state index in [4.69, 9.17) is 11.1 Å². The van der Waals surface area contributed by atoms with Gasteiger partial charge in [-0.05, 0) is 18.6 Å². The molecule has 0 aromatic heterocycles. The predicted octanol–water partition coefficient (Wildman–Crippen LogP) is 1.89. The molecule has 0 bridgehead atoms. The standard InChI is InChI=1S/C12H18N4O/c1-2-3-7-15-12(17)16-10-6-4-5-9(8-10)11(13)14/h4-6,8H,2-3,7H2,1H3,(H3,13,14)(H2,15,16,17). The second-order valence-electron chi connectivity index (χ2n) is 3.73. The van der Waals surface area contributed by atoms with Crippen LogP contribution in [0.3, 0.4) is 0 Å². The summed E-state index contributed by atoms with van der Waals surface area (Å²) in [5.74, 6) is -0.0139. The Hall–Kier alpha value is -2.04. The van der Waals surface area contributed by atoms with Crippen LogP contribution in [0.4, 0.5) is 10.5 Å². The lowest BCUT2D eigenvalue weighted by molar-refractivity contribution is 0.252. The number of carbonyl (C=O) groups is 1. The molecule has 0 aliphatic rings. The molecular formula is C12H18N4O. The highest BCUT2D eigenvalue weighted by molar-refractivity contribution is 5.97. The normalized spacial score (nSPS) is 9.71. The molecule has 0 unspecified atom stereocenters. The van der Waals surface area contributed by atoms with E-state index in [2.05, 4.69) is 17.6 Å². The first kappa shape index (κ1) is 13.0. The summed E-state index contributed by atoms with van der Waals surface area (Å²) in [6.07, 6.45) is 2.00. The molecule has 0 aliphatic carbocycles. The molecule has 5 heteroatoms. The number of benzene rings is 1. The van der Waals surface area contributed by atoms with E-state index in [1.807, 2.05) is 0 Å². The van der Waals surface area contributed by atoms with E-state index in [0.717, 1.165) is 12.8 Å². The number of amidine groups is 1. The summed E-state index contributed by atoms with van der Waals surface area (Å²) in [6, 6.07) is 6.66. The minimum absolute atomic E-state index is 0.0139. The quantitative estimate of drug-likeness (QED) is 0.356. The monoisotopic (exact) mass is 234 g/mol. The maximum Gasteiger partial charge on any atom is 0.319 e. The largest absolute Gasteiger partial charge is 0.384 e. The molecule has 0 saturated heterocycles. The number of hydrogen-bond donors (Lipinski definition) is 4. The number of hydrogen-bond acceptors (Lipinski definition) is 2. The third-order valence-corrected chi connectivity index (χ3v) is 2.25. The molecule has 17 heavy (non-hydrogen) atoms. The molecule has 5 nitrogen and oxygen atoms in total. The van der Waals surface area contributed by atoms with E-state index >= 15 is 0 Å². The molecule has 1 rings (SSSR count). The lowest BCUT2D eigenvalue weighted by Crippen LogP contribution is -2.29. The van der Waals surface area contributed by atoms with Crippen molar-refractivity contribution in [1.29, 1.82) is 5.41 Å². The molecule has 0 atom stereocenters. The number of nitrogens with two attached hydrogens (primary N) is 1. The van der Waals surface area contributed by atoms with Crippen molar-refractivity contribution in [1.82, 2.24) is 5.32 Å². The summed E-state index contributed by atoms with van der Waals surface area (Å²) in [5, 5.41) is 12.7. The highest BCUT2D eigenvalue weighted by Gasteiger charge is 2.02. The van der Waals surface area contributed by atoms with Gasteiger partial charge in [0.05, 0.1) is 0 Å². The number of nitrogen functional groups attached to an aromatic ring is 1. The SMILES string of the molecule is CCCCNC(=O)Nc1cccc(C(=N)N)c1. The number of urea groups is 1. The Balaban J connectivity index is 2.53. The Bertz CT molecular complexity index is 403. The van der Waals surface area contributed by atoms with E-state index in [1.165, 1.54) is 0 Å². The van der Waals surface area contributed by atoms with Crippen molar-refractivity contribution in [3.05, 3.63) is 29.8 Å². The number of rotatable bonds is 5. The molecular weight excluding hydrogens is 216 g/mol. The van der Waals surface area contributed by atoms with Gasteiger partial charge < -0.3 is 16.4 Å². The fourth-order valence-corrected chi connectivity index (χ4v) is 1.32. The van der Waals surface area contributed by atoms with Gasteiger partial charge in [-0.15, -0.1) is 0 Å². The van der Waals surface area contributed by atoms with Crippen molar-refractivity contribution >= 4 is 17.6 Å². The summed E-state index contributed by atoms with van der Waals surface area (Å²) >= 11 is 0. The van der Waals surface area contributed by atoms with Gasteiger partial charge >= 0.3 is 6.03 Å². The van der Waals surface area contributed by atoms with Crippen LogP contribution in [0.25, 0.3) is 0 Å². The second kappa shape index (κ2) is 6.52. The minimum Gasteiger partial charge on any atom is -0.384 e. The average molecular weight is 234 g/mol. The molecule has 0 saturated carbocycles. The van der Waals surface area contributed by atoms with Crippen LogP contribution in [0.5, 0.6) is 0 Å². The van der Waals surface area contributed by atoms with Gasteiger partial charge in [0.1, 0.15) is 5.84 Å². The van der Waals surface area contributed by atoms with E-state index in [-0.39, 0.29) is 11.9 Å². The first-order chi connectivity index (χ1) is 8.13. The summed E-state index contributed by atoms with van der Waals surface area (Å²) < 4.78 is 0. The van der Waals surface area contributed by atoms with Crippen molar-refractivity contribution < 1.29 is 4.79 Å². The van der Waals surface area contributed by atoms with Gasteiger partial charge in [-0.25, -0.2) is 4.79 Å². The third kappa shape index (κ3) is 4.55. The molecule has 1 aromatic rings. The fourth-order valence-electron chi connectivity index (χ4n) is 1.32. The van der Waals surface area contributed by atoms with Crippen LogP contribution in [0.2, 0.25) is 0 Å². The Labute approximate surface area is 101 Å². The fraction of sp³-hybridized carbons (Fsp3) is 0.333. The summed E-state index contributed by atoms with van der Waals surface area (Å²) in [4.78, 5) is 11.5. The number of unbranched alkanes of at least 4 members (excludes halogenated alkanes) is 1. The summed E-state index contributed by atoms with van der Waals surface area (Å²) in [6.45, 7) is 2.73. The number of amides is 2. The van der Waals surface area contributed by atoms with Crippen LogP contribution in [0.15, 0.2) is 24.3 Å². The van der Waals surface area contributed by atoms with Gasteiger partial charge in [0.2, 0.25) is 0 Å². The zero-order valence-electron chi connectivity index (χ0n) is 9.92. The van der Waals surface area contributed by atoms with Crippen molar-refractivity contribution in [3.8, 4) is 0 Å². The number of carbonyl (C=O) groups excluding carboxylic acids is 1. The highest BCUT2D eigenvalue weighted by atomic mass is 16.2. The molecule has 0 spiro atoms. The van der Waals surface area contributed by atoms with Crippen molar-refractivity contribution in [2.45, 2.75) is 19.8 Å². The minimum atomic E-state index is -0.237. The van der Waals surface area contributed by atoms with Crippen molar-refractivity contribution in [3.63, 3.8) is 0 Å². The van der Waals surface area contributed by atoms with Crippen LogP contribution >= 0.6 is 0 Å². The van der Waals surface area contributed by atoms with Crippen LogP contribution in [-0.4, -0.2) is 18.4 Å². The molecule has 0 radical (unpaired) electrons.